The van der Waals surface area contributed by atoms with Crippen molar-refractivity contribution >= 4 is 40.4 Å². The lowest BCUT2D eigenvalue weighted by Gasteiger charge is -2.17. The van der Waals surface area contributed by atoms with Crippen LogP contribution in [0.5, 0.6) is 0 Å². The van der Waals surface area contributed by atoms with E-state index < -0.39 is 11.9 Å². The second kappa shape index (κ2) is 9.32. The van der Waals surface area contributed by atoms with Crippen LogP contribution in [0.4, 0.5) is 11.4 Å². The van der Waals surface area contributed by atoms with E-state index in [-0.39, 0.29) is 25.2 Å². The van der Waals surface area contributed by atoms with E-state index in [1.807, 2.05) is 29.6 Å². The first-order valence-electron chi connectivity index (χ1n) is 8.99. The van der Waals surface area contributed by atoms with Gasteiger partial charge in [-0.25, -0.2) is 0 Å². The number of carbonyl (C=O) groups is 3. The maximum absolute atomic E-state index is 11.9. The highest BCUT2D eigenvalue weighted by Crippen LogP contribution is 2.22. The molecule has 0 saturated carbocycles. The molecule has 1 aliphatic rings. The minimum absolute atomic E-state index is 0.0332. The fourth-order valence-corrected chi connectivity index (χ4v) is 3.62. The van der Waals surface area contributed by atoms with Gasteiger partial charge in [0, 0.05) is 30.9 Å². The molecule has 1 amide bonds. The highest BCUT2D eigenvalue weighted by atomic mass is 32.1. The molecule has 1 aromatic heterocycles. The van der Waals surface area contributed by atoms with Crippen molar-refractivity contribution in [1.82, 2.24) is 0 Å². The van der Waals surface area contributed by atoms with Crippen LogP contribution in [-0.4, -0.2) is 37.4 Å². The van der Waals surface area contributed by atoms with Gasteiger partial charge in [0.1, 0.15) is 0 Å². The van der Waals surface area contributed by atoms with Gasteiger partial charge in [-0.05, 0) is 48.6 Å². The van der Waals surface area contributed by atoms with Crippen molar-refractivity contribution in [2.45, 2.75) is 25.7 Å². The zero-order valence-electron chi connectivity index (χ0n) is 15.0. The van der Waals surface area contributed by atoms with Crippen molar-refractivity contribution in [3.8, 4) is 0 Å². The summed E-state index contributed by atoms with van der Waals surface area (Å²) in [7, 11) is 0. The van der Waals surface area contributed by atoms with Crippen LogP contribution < -0.4 is 10.2 Å². The number of ketones is 1. The second-order valence-electron chi connectivity index (χ2n) is 6.35. The first-order valence-corrected chi connectivity index (χ1v) is 9.87. The van der Waals surface area contributed by atoms with Gasteiger partial charge in [-0.1, -0.05) is 6.07 Å². The number of thiophene rings is 1. The van der Waals surface area contributed by atoms with Gasteiger partial charge in [0.2, 0.25) is 0 Å². The lowest BCUT2D eigenvalue weighted by molar-refractivity contribution is -0.147. The van der Waals surface area contributed by atoms with Crippen LogP contribution in [0.1, 0.15) is 35.4 Å². The number of hydrogen-bond acceptors (Lipinski definition) is 6. The minimum Gasteiger partial charge on any atom is -0.456 e. The van der Waals surface area contributed by atoms with E-state index in [1.54, 1.807) is 12.1 Å². The quantitative estimate of drug-likeness (QED) is 0.555. The maximum atomic E-state index is 11.9. The number of benzene rings is 1. The second-order valence-corrected chi connectivity index (χ2v) is 7.30. The number of Topliss-reactive ketones (excluding diaryl/α,β-unsaturated/α-hetero) is 1. The normalized spacial score (nSPS) is 13.4. The third kappa shape index (κ3) is 5.65. The average Bonchev–Trinajstić information content (AvgIpc) is 3.39. The number of anilines is 2. The molecule has 0 radical (unpaired) electrons. The lowest BCUT2D eigenvalue weighted by Crippen LogP contribution is -2.21. The van der Waals surface area contributed by atoms with Crippen LogP contribution in [0.2, 0.25) is 0 Å². The van der Waals surface area contributed by atoms with Crippen LogP contribution in [0, 0.1) is 0 Å². The summed E-state index contributed by atoms with van der Waals surface area (Å²) in [6.07, 6.45) is 2.47. The molecule has 0 spiro atoms. The molecule has 0 atom stereocenters. The van der Waals surface area contributed by atoms with Crippen molar-refractivity contribution < 1.29 is 19.1 Å². The zero-order valence-corrected chi connectivity index (χ0v) is 15.8. The van der Waals surface area contributed by atoms with E-state index in [2.05, 4.69) is 10.2 Å². The molecule has 1 aliphatic heterocycles. The predicted octanol–water partition coefficient (Wildman–Crippen LogP) is 3.49. The Morgan fingerprint density at radius 2 is 1.78 bits per heavy atom. The summed E-state index contributed by atoms with van der Waals surface area (Å²) in [6.45, 7) is 1.77. The summed E-state index contributed by atoms with van der Waals surface area (Å²) in [5.74, 6) is -1.05. The number of nitrogens with zero attached hydrogens (tertiary/aromatic N) is 1. The minimum atomic E-state index is -0.556. The fraction of sp³-hybridized carbons (Fsp3) is 0.350. The summed E-state index contributed by atoms with van der Waals surface area (Å²) in [5, 5.41) is 4.52. The largest absolute Gasteiger partial charge is 0.456 e. The Bertz CT molecular complexity index is 781. The number of carbonyl (C=O) groups excluding carboxylic acids is 3. The summed E-state index contributed by atoms with van der Waals surface area (Å²) >= 11 is 1.34. The first kappa shape index (κ1) is 19.1. The van der Waals surface area contributed by atoms with Crippen molar-refractivity contribution in [3.63, 3.8) is 0 Å². The molecular formula is C20H22N2O4S. The summed E-state index contributed by atoms with van der Waals surface area (Å²) in [6, 6.07) is 11.1. The van der Waals surface area contributed by atoms with Crippen LogP contribution in [0.15, 0.2) is 41.8 Å². The number of hydrogen-bond donors (Lipinski definition) is 1. The summed E-state index contributed by atoms with van der Waals surface area (Å²) in [5.41, 5.74) is 1.80. The molecule has 142 valence electrons. The Kier molecular flexibility index (Phi) is 6.59. The van der Waals surface area contributed by atoms with Crippen molar-refractivity contribution in [3.05, 3.63) is 46.7 Å². The number of rotatable bonds is 8. The van der Waals surface area contributed by atoms with Gasteiger partial charge in [0.05, 0.1) is 11.3 Å². The molecule has 7 heteroatoms. The molecule has 3 rings (SSSR count). The topological polar surface area (TPSA) is 75.7 Å². The average molecular weight is 386 g/mol. The standard InChI is InChI=1S/C20H22N2O4S/c23-17(18-4-3-13-27-18)9-10-20(25)26-14-19(24)21-15-5-7-16(8-6-15)22-11-1-2-12-22/h3-8,13H,1-2,9-12,14H2,(H,21,24). The maximum Gasteiger partial charge on any atom is 0.306 e. The zero-order chi connectivity index (χ0) is 19.1. The number of amides is 1. The van der Waals surface area contributed by atoms with E-state index in [9.17, 15) is 14.4 Å². The molecule has 1 fully saturated rings. The van der Waals surface area contributed by atoms with Crippen molar-refractivity contribution in [2.24, 2.45) is 0 Å². The van der Waals surface area contributed by atoms with E-state index in [0.717, 1.165) is 18.8 Å². The van der Waals surface area contributed by atoms with E-state index in [1.165, 1.54) is 24.2 Å². The van der Waals surface area contributed by atoms with Crippen molar-refractivity contribution in [2.75, 3.05) is 29.9 Å². The number of esters is 1. The Morgan fingerprint density at radius 3 is 2.44 bits per heavy atom. The highest BCUT2D eigenvalue weighted by molar-refractivity contribution is 7.12. The smallest absolute Gasteiger partial charge is 0.306 e. The third-order valence-electron chi connectivity index (χ3n) is 4.34. The van der Waals surface area contributed by atoms with E-state index >= 15 is 0 Å². The van der Waals surface area contributed by atoms with E-state index in [0.29, 0.717) is 10.6 Å². The number of nitrogens with one attached hydrogen (secondary N) is 1. The van der Waals surface area contributed by atoms with Gasteiger partial charge < -0.3 is 15.0 Å². The van der Waals surface area contributed by atoms with Gasteiger partial charge >= 0.3 is 5.97 Å². The van der Waals surface area contributed by atoms with Crippen LogP contribution in [-0.2, 0) is 14.3 Å². The van der Waals surface area contributed by atoms with Gasteiger partial charge in [-0.2, -0.15) is 0 Å². The Balaban J connectivity index is 1.37. The van der Waals surface area contributed by atoms with Gasteiger partial charge in [-0.15, -0.1) is 11.3 Å². The first-order chi connectivity index (χ1) is 13.1. The molecule has 0 unspecified atom stereocenters. The highest BCUT2D eigenvalue weighted by Gasteiger charge is 2.14. The lowest BCUT2D eigenvalue weighted by atomic mass is 10.2. The summed E-state index contributed by atoms with van der Waals surface area (Å²) in [4.78, 5) is 38.4. The predicted molar refractivity (Wildman–Crippen MR) is 105 cm³/mol. The van der Waals surface area contributed by atoms with E-state index in [4.69, 9.17) is 4.74 Å². The molecule has 2 aromatic rings. The third-order valence-corrected chi connectivity index (χ3v) is 5.25. The van der Waals surface area contributed by atoms with Crippen molar-refractivity contribution in [1.29, 1.82) is 0 Å². The molecule has 6 nitrogen and oxygen atoms in total. The van der Waals surface area contributed by atoms with Crippen LogP contribution in [0.25, 0.3) is 0 Å². The molecule has 2 heterocycles. The molecule has 27 heavy (non-hydrogen) atoms. The SMILES string of the molecule is O=C(COC(=O)CCC(=O)c1cccs1)Nc1ccc(N2CCCC2)cc1. The fourth-order valence-electron chi connectivity index (χ4n) is 2.92. The Labute approximate surface area is 162 Å². The summed E-state index contributed by atoms with van der Waals surface area (Å²) < 4.78 is 4.94. The molecule has 1 saturated heterocycles. The monoisotopic (exact) mass is 386 g/mol. The molecule has 0 aliphatic carbocycles. The molecule has 0 bridgehead atoms. The van der Waals surface area contributed by atoms with Gasteiger partial charge in [0.15, 0.2) is 12.4 Å². The van der Waals surface area contributed by atoms with Crippen LogP contribution >= 0.6 is 11.3 Å². The Hall–Kier alpha value is -2.67. The van der Waals surface area contributed by atoms with Crippen LogP contribution in [0.3, 0.4) is 0 Å². The molecular weight excluding hydrogens is 364 g/mol. The molecule has 1 aromatic carbocycles. The molecule has 1 N–H and O–H groups in total. The van der Waals surface area contributed by atoms with Gasteiger partial charge in [0.25, 0.3) is 5.91 Å². The number of ether oxygens (including phenoxy) is 1. The Morgan fingerprint density at radius 1 is 1.04 bits per heavy atom. The van der Waals surface area contributed by atoms with Gasteiger partial charge in [-0.3, -0.25) is 14.4 Å².